The maximum atomic E-state index is 6.37. The van der Waals surface area contributed by atoms with Crippen molar-refractivity contribution in [2.45, 2.75) is 19.4 Å². The van der Waals surface area contributed by atoms with Gasteiger partial charge in [0.25, 0.3) is 0 Å². The Bertz CT molecular complexity index is 569. The van der Waals surface area contributed by atoms with E-state index in [9.17, 15) is 0 Å². The van der Waals surface area contributed by atoms with Gasteiger partial charge >= 0.3 is 0 Å². The van der Waals surface area contributed by atoms with E-state index in [-0.39, 0.29) is 6.04 Å². The third kappa shape index (κ3) is 4.59. The number of hydrogen-bond donors (Lipinski definition) is 1. The highest BCUT2D eigenvalue weighted by atomic mass is 16.5. The Labute approximate surface area is 126 Å². The molecule has 0 aliphatic heterocycles. The Morgan fingerprint density at radius 2 is 1.86 bits per heavy atom. The molecule has 2 aromatic rings. The third-order valence-corrected chi connectivity index (χ3v) is 3.40. The molecule has 0 aliphatic carbocycles. The normalized spacial score (nSPS) is 12.1. The van der Waals surface area contributed by atoms with Crippen LogP contribution in [-0.4, -0.2) is 20.3 Å². The number of rotatable bonds is 7. The lowest BCUT2D eigenvalue weighted by molar-refractivity contribution is 0.145. The lowest BCUT2D eigenvalue weighted by Gasteiger charge is -2.17. The van der Waals surface area contributed by atoms with Gasteiger partial charge < -0.3 is 15.2 Å². The lowest BCUT2D eigenvalue weighted by Crippen LogP contribution is -2.15. The number of para-hydroxylation sites is 1. The second kappa shape index (κ2) is 7.81. The summed E-state index contributed by atoms with van der Waals surface area (Å²) in [5.74, 6) is 0.842. The monoisotopic (exact) mass is 285 g/mol. The Morgan fingerprint density at radius 3 is 2.62 bits per heavy atom. The van der Waals surface area contributed by atoms with E-state index in [0.717, 1.165) is 17.7 Å². The SMILES string of the molecule is COCCOc1ccccc1C(N)Cc1cccc(C)c1. The van der Waals surface area contributed by atoms with E-state index >= 15 is 0 Å². The van der Waals surface area contributed by atoms with Gasteiger partial charge in [0.05, 0.1) is 6.61 Å². The first-order valence-corrected chi connectivity index (χ1v) is 7.22. The summed E-state index contributed by atoms with van der Waals surface area (Å²) < 4.78 is 10.8. The highest BCUT2D eigenvalue weighted by Gasteiger charge is 2.12. The maximum Gasteiger partial charge on any atom is 0.124 e. The number of methoxy groups -OCH3 is 1. The van der Waals surface area contributed by atoms with Crippen LogP contribution in [-0.2, 0) is 11.2 Å². The molecule has 0 radical (unpaired) electrons. The van der Waals surface area contributed by atoms with Crippen LogP contribution in [0.5, 0.6) is 5.75 Å². The van der Waals surface area contributed by atoms with Crippen LogP contribution in [0, 0.1) is 6.92 Å². The van der Waals surface area contributed by atoms with Crippen molar-refractivity contribution in [1.82, 2.24) is 0 Å². The smallest absolute Gasteiger partial charge is 0.124 e. The van der Waals surface area contributed by atoms with E-state index in [2.05, 4.69) is 31.2 Å². The Hall–Kier alpha value is -1.84. The molecule has 0 aromatic heterocycles. The molecule has 2 aromatic carbocycles. The van der Waals surface area contributed by atoms with E-state index in [1.165, 1.54) is 11.1 Å². The predicted octanol–water partition coefficient (Wildman–Crippen LogP) is 3.26. The second-order valence-electron chi connectivity index (χ2n) is 5.18. The largest absolute Gasteiger partial charge is 0.491 e. The minimum Gasteiger partial charge on any atom is -0.491 e. The zero-order valence-electron chi connectivity index (χ0n) is 12.7. The number of benzene rings is 2. The van der Waals surface area contributed by atoms with Crippen molar-refractivity contribution in [3.63, 3.8) is 0 Å². The molecule has 0 fully saturated rings. The van der Waals surface area contributed by atoms with Crippen molar-refractivity contribution in [2.24, 2.45) is 5.73 Å². The molecule has 0 spiro atoms. The van der Waals surface area contributed by atoms with Crippen molar-refractivity contribution in [2.75, 3.05) is 20.3 Å². The molecule has 0 heterocycles. The molecule has 0 saturated carbocycles. The summed E-state index contributed by atoms with van der Waals surface area (Å²) in [7, 11) is 1.67. The molecule has 3 nitrogen and oxygen atoms in total. The fourth-order valence-electron chi connectivity index (χ4n) is 2.36. The van der Waals surface area contributed by atoms with Crippen LogP contribution in [0.1, 0.15) is 22.7 Å². The zero-order valence-corrected chi connectivity index (χ0v) is 12.7. The van der Waals surface area contributed by atoms with Gasteiger partial charge in [0.2, 0.25) is 0 Å². The molecule has 1 unspecified atom stereocenters. The minimum atomic E-state index is -0.0782. The van der Waals surface area contributed by atoms with Gasteiger partial charge in [-0.1, -0.05) is 48.0 Å². The first-order valence-electron chi connectivity index (χ1n) is 7.22. The predicted molar refractivity (Wildman–Crippen MR) is 85.6 cm³/mol. The Morgan fingerprint density at radius 1 is 1.05 bits per heavy atom. The maximum absolute atomic E-state index is 6.37. The lowest BCUT2D eigenvalue weighted by atomic mass is 9.98. The first-order chi connectivity index (χ1) is 10.2. The summed E-state index contributed by atoms with van der Waals surface area (Å²) in [5, 5.41) is 0. The van der Waals surface area contributed by atoms with Crippen molar-refractivity contribution in [1.29, 1.82) is 0 Å². The molecule has 0 bridgehead atoms. The number of ether oxygens (including phenoxy) is 2. The Balaban J connectivity index is 2.09. The molecule has 21 heavy (non-hydrogen) atoms. The summed E-state index contributed by atoms with van der Waals surface area (Å²) in [6, 6.07) is 16.3. The van der Waals surface area contributed by atoms with E-state index < -0.39 is 0 Å². The molecule has 0 aliphatic rings. The molecule has 3 heteroatoms. The van der Waals surface area contributed by atoms with Crippen LogP contribution >= 0.6 is 0 Å². The van der Waals surface area contributed by atoms with Crippen LogP contribution < -0.4 is 10.5 Å². The van der Waals surface area contributed by atoms with E-state index in [4.69, 9.17) is 15.2 Å². The van der Waals surface area contributed by atoms with Gasteiger partial charge in [-0.15, -0.1) is 0 Å². The molecule has 112 valence electrons. The number of aryl methyl sites for hydroxylation is 1. The van der Waals surface area contributed by atoms with Gasteiger partial charge in [0, 0.05) is 18.7 Å². The van der Waals surface area contributed by atoms with Crippen LogP contribution in [0.25, 0.3) is 0 Å². The molecule has 2 rings (SSSR count). The standard InChI is InChI=1S/C18H23NO2/c1-14-6-5-7-15(12-14)13-17(19)16-8-3-4-9-18(16)21-11-10-20-2/h3-9,12,17H,10-11,13,19H2,1-2H3. The first kappa shape index (κ1) is 15.5. The molecular formula is C18H23NO2. The average Bonchev–Trinajstić information content (AvgIpc) is 2.48. The van der Waals surface area contributed by atoms with Crippen LogP contribution in [0.4, 0.5) is 0 Å². The molecule has 1 atom stereocenters. The summed E-state index contributed by atoms with van der Waals surface area (Å²) in [4.78, 5) is 0. The summed E-state index contributed by atoms with van der Waals surface area (Å²) in [6.07, 6.45) is 0.798. The topological polar surface area (TPSA) is 44.5 Å². The molecule has 0 amide bonds. The number of hydrogen-bond acceptors (Lipinski definition) is 3. The van der Waals surface area contributed by atoms with Crippen molar-refractivity contribution in [3.8, 4) is 5.75 Å². The van der Waals surface area contributed by atoms with Gasteiger partial charge in [0.1, 0.15) is 12.4 Å². The van der Waals surface area contributed by atoms with Gasteiger partial charge in [-0.2, -0.15) is 0 Å². The minimum absolute atomic E-state index is 0.0782. The van der Waals surface area contributed by atoms with Crippen molar-refractivity contribution >= 4 is 0 Å². The quantitative estimate of drug-likeness (QED) is 0.794. The summed E-state index contributed by atoms with van der Waals surface area (Å²) in [6.45, 7) is 3.20. The fourth-order valence-corrected chi connectivity index (χ4v) is 2.36. The second-order valence-corrected chi connectivity index (χ2v) is 5.18. The Kier molecular flexibility index (Phi) is 5.78. The van der Waals surface area contributed by atoms with Gasteiger partial charge in [0.15, 0.2) is 0 Å². The third-order valence-electron chi connectivity index (χ3n) is 3.40. The van der Waals surface area contributed by atoms with E-state index in [1.54, 1.807) is 7.11 Å². The number of nitrogens with two attached hydrogens (primary N) is 1. The highest BCUT2D eigenvalue weighted by molar-refractivity contribution is 5.37. The van der Waals surface area contributed by atoms with E-state index in [1.807, 2.05) is 24.3 Å². The zero-order chi connectivity index (χ0) is 15.1. The average molecular weight is 285 g/mol. The van der Waals surface area contributed by atoms with Crippen LogP contribution in [0.2, 0.25) is 0 Å². The van der Waals surface area contributed by atoms with Crippen LogP contribution in [0.15, 0.2) is 48.5 Å². The highest BCUT2D eigenvalue weighted by Crippen LogP contribution is 2.26. The van der Waals surface area contributed by atoms with Crippen molar-refractivity contribution in [3.05, 3.63) is 65.2 Å². The summed E-state index contributed by atoms with van der Waals surface area (Å²) >= 11 is 0. The van der Waals surface area contributed by atoms with E-state index in [0.29, 0.717) is 13.2 Å². The summed E-state index contributed by atoms with van der Waals surface area (Å²) in [5.41, 5.74) is 9.91. The molecule has 2 N–H and O–H groups in total. The molecular weight excluding hydrogens is 262 g/mol. The van der Waals surface area contributed by atoms with Crippen molar-refractivity contribution < 1.29 is 9.47 Å². The van der Waals surface area contributed by atoms with Gasteiger partial charge in [-0.25, -0.2) is 0 Å². The molecule has 0 saturated heterocycles. The van der Waals surface area contributed by atoms with Gasteiger partial charge in [-0.05, 0) is 25.0 Å². The fraction of sp³-hybridized carbons (Fsp3) is 0.333. The van der Waals surface area contributed by atoms with Crippen LogP contribution in [0.3, 0.4) is 0 Å². The van der Waals surface area contributed by atoms with Gasteiger partial charge in [-0.3, -0.25) is 0 Å².